The summed E-state index contributed by atoms with van der Waals surface area (Å²) >= 11 is 0. The first-order chi connectivity index (χ1) is 8.13. The van der Waals surface area contributed by atoms with E-state index in [4.69, 9.17) is 5.11 Å². The molecule has 18 heavy (non-hydrogen) atoms. The number of rotatable bonds is 4. The number of aryl methyl sites for hydroxylation is 2. The summed E-state index contributed by atoms with van der Waals surface area (Å²) in [6.45, 7) is 6.97. The molecule has 0 saturated heterocycles. The zero-order chi connectivity index (χ0) is 14.1. The molecule has 0 radical (unpaired) electrons. The highest BCUT2D eigenvalue weighted by Gasteiger charge is 2.18. The second-order valence-electron chi connectivity index (χ2n) is 5.17. The van der Waals surface area contributed by atoms with E-state index in [0.29, 0.717) is 24.2 Å². The van der Waals surface area contributed by atoms with Crippen molar-refractivity contribution in [3.05, 3.63) is 33.2 Å². The minimum Gasteiger partial charge on any atom is -0.477 e. The van der Waals surface area contributed by atoms with Crippen molar-refractivity contribution >= 4 is 5.97 Å². The third-order valence-electron chi connectivity index (χ3n) is 2.87. The van der Waals surface area contributed by atoms with E-state index in [9.17, 15) is 14.7 Å². The van der Waals surface area contributed by atoms with E-state index >= 15 is 0 Å². The van der Waals surface area contributed by atoms with Crippen molar-refractivity contribution in [2.75, 3.05) is 0 Å². The number of carboxylic acids is 1. The summed E-state index contributed by atoms with van der Waals surface area (Å²) in [5.41, 5.74) is -0.433. The van der Waals surface area contributed by atoms with Gasteiger partial charge in [-0.2, -0.15) is 0 Å². The summed E-state index contributed by atoms with van der Waals surface area (Å²) in [5, 5.41) is 18.7. The predicted molar refractivity (Wildman–Crippen MR) is 68.1 cm³/mol. The highest BCUT2D eigenvalue weighted by molar-refractivity contribution is 5.88. The molecule has 100 valence electrons. The van der Waals surface area contributed by atoms with Crippen molar-refractivity contribution in [1.29, 1.82) is 0 Å². The summed E-state index contributed by atoms with van der Waals surface area (Å²) in [7, 11) is 0. The third-order valence-corrected chi connectivity index (χ3v) is 2.87. The molecule has 0 aromatic carbocycles. The molecule has 1 aromatic heterocycles. The number of aliphatic hydroxyl groups is 1. The van der Waals surface area contributed by atoms with E-state index in [2.05, 4.69) is 0 Å². The van der Waals surface area contributed by atoms with Crippen LogP contribution in [0.15, 0.2) is 10.9 Å². The molecule has 0 spiro atoms. The maximum absolute atomic E-state index is 12.1. The van der Waals surface area contributed by atoms with Gasteiger partial charge in [-0.15, -0.1) is 0 Å². The Balaban J connectivity index is 3.25. The van der Waals surface area contributed by atoms with Gasteiger partial charge in [0.05, 0.1) is 5.60 Å². The van der Waals surface area contributed by atoms with E-state index in [1.165, 1.54) is 4.57 Å². The SMILES string of the molecule is Cc1cc(C)n(CCC(C)(C)O)c(=O)c1C(=O)O. The lowest BCUT2D eigenvalue weighted by Gasteiger charge is -2.19. The highest BCUT2D eigenvalue weighted by atomic mass is 16.4. The van der Waals surface area contributed by atoms with E-state index in [0.717, 1.165) is 0 Å². The van der Waals surface area contributed by atoms with Gasteiger partial charge in [-0.05, 0) is 45.7 Å². The van der Waals surface area contributed by atoms with E-state index in [1.54, 1.807) is 33.8 Å². The maximum Gasteiger partial charge on any atom is 0.341 e. The van der Waals surface area contributed by atoms with Gasteiger partial charge >= 0.3 is 5.97 Å². The Morgan fingerprint density at radius 3 is 2.39 bits per heavy atom. The lowest BCUT2D eigenvalue weighted by Crippen LogP contribution is -2.32. The van der Waals surface area contributed by atoms with Gasteiger partial charge in [0.15, 0.2) is 0 Å². The highest BCUT2D eigenvalue weighted by Crippen LogP contribution is 2.11. The van der Waals surface area contributed by atoms with Crippen LogP contribution in [0.5, 0.6) is 0 Å². The second-order valence-corrected chi connectivity index (χ2v) is 5.17. The average Bonchev–Trinajstić information content (AvgIpc) is 2.13. The van der Waals surface area contributed by atoms with Gasteiger partial charge in [-0.25, -0.2) is 4.79 Å². The van der Waals surface area contributed by atoms with Crippen LogP contribution >= 0.6 is 0 Å². The topological polar surface area (TPSA) is 79.5 Å². The fraction of sp³-hybridized carbons (Fsp3) is 0.538. The Kier molecular flexibility index (Phi) is 3.96. The summed E-state index contributed by atoms with van der Waals surface area (Å²) in [4.78, 5) is 23.1. The van der Waals surface area contributed by atoms with Gasteiger partial charge in [0.25, 0.3) is 5.56 Å². The number of nitrogens with zero attached hydrogens (tertiary/aromatic N) is 1. The molecule has 1 heterocycles. The van der Waals surface area contributed by atoms with Crippen molar-refractivity contribution in [3.8, 4) is 0 Å². The van der Waals surface area contributed by atoms with Gasteiger partial charge in [0.2, 0.25) is 0 Å². The quantitative estimate of drug-likeness (QED) is 0.848. The van der Waals surface area contributed by atoms with Crippen molar-refractivity contribution in [2.45, 2.75) is 46.3 Å². The Bertz CT molecular complexity index is 523. The van der Waals surface area contributed by atoms with Gasteiger partial charge < -0.3 is 14.8 Å². The van der Waals surface area contributed by atoms with Gasteiger partial charge in [0.1, 0.15) is 5.56 Å². The number of hydrogen-bond acceptors (Lipinski definition) is 3. The molecule has 0 fully saturated rings. The van der Waals surface area contributed by atoms with Crippen LogP contribution < -0.4 is 5.56 Å². The molecule has 0 saturated carbocycles. The summed E-state index contributed by atoms with van der Waals surface area (Å²) in [6.07, 6.45) is 0.385. The molecule has 2 N–H and O–H groups in total. The fourth-order valence-electron chi connectivity index (χ4n) is 1.85. The summed E-state index contributed by atoms with van der Waals surface area (Å²) < 4.78 is 1.40. The number of carbonyl (C=O) groups is 1. The molecular weight excluding hydrogens is 234 g/mol. The van der Waals surface area contributed by atoms with E-state index in [1.807, 2.05) is 0 Å². The molecule has 1 aromatic rings. The molecule has 0 amide bonds. The standard InChI is InChI=1S/C13H19NO4/c1-8-7-9(2)14(6-5-13(3,4)18)11(15)10(8)12(16)17/h7,18H,5-6H2,1-4H3,(H,16,17). The molecule has 0 aliphatic rings. The number of carboxylic acid groups (broad SMARTS) is 1. The average molecular weight is 253 g/mol. The largest absolute Gasteiger partial charge is 0.477 e. The molecule has 0 bridgehead atoms. The van der Waals surface area contributed by atoms with Crippen LogP contribution in [-0.4, -0.2) is 26.4 Å². The monoisotopic (exact) mass is 253 g/mol. The van der Waals surface area contributed by atoms with Crippen molar-refractivity contribution < 1.29 is 15.0 Å². The number of pyridine rings is 1. The van der Waals surface area contributed by atoms with Gasteiger partial charge in [-0.1, -0.05) is 0 Å². The van der Waals surface area contributed by atoms with Crippen LogP contribution in [0.1, 0.15) is 41.9 Å². The third kappa shape index (κ3) is 3.20. The van der Waals surface area contributed by atoms with Crippen LogP contribution in [-0.2, 0) is 6.54 Å². The Morgan fingerprint density at radius 2 is 1.94 bits per heavy atom. The van der Waals surface area contributed by atoms with Gasteiger partial charge in [0, 0.05) is 12.2 Å². The number of aromatic nitrogens is 1. The normalized spacial score (nSPS) is 11.6. The van der Waals surface area contributed by atoms with Crippen LogP contribution in [0.3, 0.4) is 0 Å². The van der Waals surface area contributed by atoms with Crippen LogP contribution in [0.4, 0.5) is 0 Å². The van der Waals surface area contributed by atoms with Crippen molar-refractivity contribution in [3.63, 3.8) is 0 Å². The molecule has 0 unspecified atom stereocenters. The van der Waals surface area contributed by atoms with Gasteiger partial charge in [-0.3, -0.25) is 4.79 Å². The fourth-order valence-corrected chi connectivity index (χ4v) is 1.85. The van der Waals surface area contributed by atoms with Crippen LogP contribution in [0.25, 0.3) is 0 Å². The lowest BCUT2D eigenvalue weighted by molar-refractivity contribution is 0.0656. The zero-order valence-electron chi connectivity index (χ0n) is 11.1. The smallest absolute Gasteiger partial charge is 0.341 e. The van der Waals surface area contributed by atoms with Crippen LogP contribution in [0, 0.1) is 13.8 Å². The minimum atomic E-state index is -1.21. The number of hydrogen-bond donors (Lipinski definition) is 2. The summed E-state index contributed by atoms with van der Waals surface area (Å²) in [5.74, 6) is -1.21. The molecule has 0 aliphatic carbocycles. The van der Waals surface area contributed by atoms with E-state index < -0.39 is 17.1 Å². The first-order valence-electron chi connectivity index (χ1n) is 5.80. The lowest BCUT2D eigenvalue weighted by atomic mass is 10.0. The molecule has 1 rings (SSSR count). The maximum atomic E-state index is 12.1. The molecular formula is C13H19NO4. The first-order valence-corrected chi connectivity index (χ1v) is 5.80. The zero-order valence-corrected chi connectivity index (χ0v) is 11.1. The van der Waals surface area contributed by atoms with Crippen LogP contribution in [0.2, 0.25) is 0 Å². The number of aromatic carboxylic acids is 1. The molecule has 5 heteroatoms. The Labute approximate surface area is 106 Å². The molecule has 5 nitrogen and oxygen atoms in total. The first kappa shape index (κ1) is 14.4. The minimum absolute atomic E-state index is 0.198. The molecule has 0 aliphatic heterocycles. The Hall–Kier alpha value is -1.62. The predicted octanol–water partition coefficient (Wildman–Crippen LogP) is 1.32. The van der Waals surface area contributed by atoms with Crippen molar-refractivity contribution in [2.24, 2.45) is 0 Å². The Morgan fingerprint density at radius 1 is 1.39 bits per heavy atom. The summed E-state index contributed by atoms with van der Waals surface area (Å²) in [6, 6.07) is 1.68. The van der Waals surface area contributed by atoms with E-state index in [-0.39, 0.29) is 5.56 Å². The second kappa shape index (κ2) is 4.94. The molecule has 0 atom stereocenters. The van der Waals surface area contributed by atoms with Crippen molar-refractivity contribution in [1.82, 2.24) is 4.57 Å².